The van der Waals surface area contributed by atoms with Gasteiger partial charge in [-0.15, -0.1) is 0 Å². The van der Waals surface area contributed by atoms with E-state index in [1.54, 1.807) is 6.92 Å². The fourth-order valence-electron chi connectivity index (χ4n) is 1.82. The van der Waals surface area contributed by atoms with Gasteiger partial charge in [0, 0.05) is 30.6 Å². The molecule has 108 valence electrons. The molecule has 0 spiro atoms. The van der Waals surface area contributed by atoms with Crippen LogP contribution in [0.5, 0.6) is 0 Å². The molecule has 0 radical (unpaired) electrons. The number of nitrogens with one attached hydrogen (secondary N) is 2. The van der Waals surface area contributed by atoms with Crippen LogP contribution in [0.4, 0.5) is 5.69 Å². The zero-order chi connectivity index (χ0) is 14.5. The molecule has 1 saturated carbocycles. The van der Waals surface area contributed by atoms with E-state index in [2.05, 4.69) is 10.6 Å². The number of rotatable bonds is 6. The normalized spacial score (nSPS) is 15.5. The monoisotopic (exact) mass is 275 g/mol. The third-order valence-electron chi connectivity index (χ3n) is 3.41. The van der Waals surface area contributed by atoms with Crippen molar-refractivity contribution in [1.29, 1.82) is 0 Å². The van der Waals surface area contributed by atoms with E-state index in [4.69, 9.17) is 5.73 Å². The van der Waals surface area contributed by atoms with Crippen molar-refractivity contribution in [3.63, 3.8) is 0 Å². The molecule has 4 N–H and O–H groups in total. The highest BCUT2D eigenvalue weighted by Crippen LogP contribution is 2.30. The van der Waals surface area contributed by atoms with Gasteiger partial charge in [-0.1, -0.05) is 19.1 Å². The molecule has 0 heterocycles. The van der Waals surface area contributed by atoms with Gasteiger partial charge in [0.05, 0.1) is 0 Å². The van der Waals surface area contributed by atoms with E-state index in [1.165, 1.54) is 0 Å². The first-order valence-corrected chi connectivity index (χ1v) is 6.97. The summed E-state index contributed by atoms with van der Waals surface area (Å²) in [6.45, 7) is 2.57. The highest BCUT2D eigenvalue weighted by Gasteiger charge is 2.29. The highest BCUT2D eigenvalue weighted by molar-refractivity contribution is 5.94. The quantitative estimate of drug-likeness (QED) is 0.730. The van der Waals surface area contributed by atoms with Crippen molar-refractivity contribution in [2.75, 3.05) is 11.9 Å². The van der Waals surface area contributed by atoms with Crippen LogP contribution in [0.15, 0.2) is 24.3 Å². The SMILES string of the molecule is CC(CN)C(=O)NCc1cccc(NC(=O)C2CC2)c1. The highest BCUT2D eigenvalue weighted by atomic mass is 16.2. The average Bonchev–Trinajstić information content (AvgIpc) is 3.28. The van der Waals surface area contributed by atoms with Gasteiger partial charge in [0.15, 0.2) is 0 Å². The summed E-state index contributed by atoms with van der Waals surface area (Å²) in [5, 5.41) is 5.73. The number of nitrogens with two attached hydrogens (primary N) is 1. The second-order valence-corrected chi connectivity index (χ2v) is 5.32. The van der Waals surface area contributed by atoms with E-state index in [1.807, 2.05) is 24.3 Å². The lowest BCUT2D eigenvalue weighted by Gasteiger charge is -2.11. The van der Waals surface area contributed by atoms with Gasteiger partial charge in [0.25, 0.3) is 0 Å². The topological polar surface area (TPSA) is 84.2 Å². The van der Waals surface area contributed by atoms with Crippen LogP contribution in [0.25, 0.3) is 0 Å². The molecule has 20 heavy (non-hydrogen) atoms. The Morgan fingerprint density at radius 1 is 1.40 bits per heavy atom. The third kappa shape index (κ3) is 4.06. The first-order valence-electron chi connectivity index (χ1n) is 6.97. The van der Waals surface area contributed by atoms with Crippen molar-refractivity contribution in [2.45, 2.75) is 26.3 Å². The van der Waals surface area contributed by atoms with E-state index in [9.17, 15) is 9.59 Å². The largest absolute Gasteiger partial charge is 0.352 e. The fraction of sp³-hybridized carbons (Fsp3) is 0.467. The maximum Gasteiger partial charge on any atom is 0.227 e. The molecule has 2 amide bonds. The van der Waals surface area contributed by atoms with Gasteiger partial charge < -0.3 is 16.4 Å². The lowest BCUT2D eigenvalue weighted by molar-refractivity contribution is -0.124. The lowest BCUT2D eigenvalue weighted by Crippen LogP contribution is -2.32. The summed E-state index contributed by atoms with van der Waals surface area (Å²) in [6, 6.07) is 7.53. The second-order valence-electron chi connectivity index (χ2n) is 5.32. The molecule has 0 aromatic heterocycles. The Kier molecular flexibility index (Phi) is 4.74. The fourth-order valence-corrected chi connectivity index (χ4v) is 1.82. The minimum Gasteiger partial charge on any atom is -0.352 e. The first-order chi connectivity index (χ1) is 9.60. The minimum absolute atomic E-state index is 0.0556. The van der Waals surface area contributed by atoms with Crippen molar-refractivity contribution < 1.29 is 9.59 Å². The molecule has 1 aliphatic rings. The Hall–Kier alpha value is -1.88. The summed E-state index contributed by atoms with van der Waals surface area (Å²) in [5.41, 5.74) is 7.18. The summed E-state index contributed by atoms with van der Waals surface area (Å²) >= 11 is 0. The van der Waals surface area contributed by atoms with E-state index in [0.29, 0.717) is 13.1 Å². The minimum atomic E-state index is -0.187. The molecule has 1 aromatic rings. The van der Waals surface area contributed by atoms with Crippen LogP contribution in [0.2, 0.25) is 0 Å². The van der Waals surface area contributed by atoms with Crippen molar-refractivity contribution in [1.82, 2.24) is 5.32 Å². The van der Waals surface area contributed by atoms with Gasteiger partial charge >= 0.3 is 0 Å². The van der Waals surface area contributed by atoms with Crippen LogP contribution in [0, 0.1) is 11.8 Å². The molecular weight excluding hydrogens is 254 g/mol. The number of benzene rings is 1. The lowest BCUT2D eigenvalue weighted by atomic mass is 10.1. The van der Waals surface area contributed by atoms with Gasteiger partial charge in [-0.05, 0) is 30.5 Å². The Balaban J connectivity index is 1.88. The first kappa shape index (κ1) is 14.5. The predicted octanol–water partition coefficient (Wildman–Crippen LogP) is 1.25. The Morgan fingerprint density at radius 2 is 2.15 bits per heavy atom. The molecule has 1 atom stereocenters. The maximum atomic E-state index is 11.7. The second kappa shape index (κ2) is 6.52. The van der Waals surface area contributed by atoms with Gasteiger partial charge in [0.1, 0.15) is 0 Å². The van der Waals surface area contributed by atoms with Crippen LogP contribution in [0.3, 0.4) is 0 Å². The van der Waals surface area contributed by atoms with E-state index in [-0.39, 0.29) is 23.7 Å². The number of hydrogen-bond acceptors (Lipinski definition) is 3. The van der Waals surface area contributed by atoms with E-state index >= 15 is 0 Å². The van der Waals surface area contributed by atoms with E-state index < -0.39 is 0 Å². The summed E-state index contributed by atoms with van der Waals surface area (Å²) in [6.07, 6.45) is 1.97. The molecule has 0 aliphatic heterocycles. The Morgan fingerprint density at radius 3 is 2.80 bits per heavy atom. The maximum absolute atomic E-state index is 11.7. The number of carbonyl (C=O) groups excluding carboxylic acids is 2. The van der Waals surface area contributed by atoms with Gasteiger partial charge in [-0.2, -0.15) is 0 Å². The molecule has 1 aliphatic carbocycles. The molecule has 1 aromatic carbocycles. The molecular formula is C15H21N3O2. The predicted molar refractivity (Wildman–Crippen MR) is 77.9 cm³/mol. The summed E-state index contributed by atoms with van der Waals surface area (Å²) < 4.78 is 0. The van der Waals surface area contributed by atoms with Crippen molar-refractivity contribution in [3.05, 3.63) is 29.8 Å². The van der Waals surface area contributed by atoms with Crippen LogP contribution in [-0.4, -0.2) is 18.4 Å². The number of hydrogen-bond donors (Lipinski definition) is 3. The average molecular weight is 275 g/mol. The van der Waals surface area contributed by atoms with Crippen molar-refractivity contribution in [3.8, 4) is 0 Å². The van der Waals surface area contributed by atoms with Crippen LogP contribution >= 0.6 is 0 Å². The van der Waals surface area contributed by atoms with Crippen LogP contribution in [0.1, 0.15) is 25.3 Å². The zero-order valence-corrected chi connectivity index (χ0v) is 11.7. The summed E-state index contributed by atoms with van der Waals surface area (Å²) in [7, 11) is 0. The molecule has 5 heteroatoms. The Labute approximate surface area is 118 Å². The standard InChI is InChI=1S/C15H21N3O2/c1-10(8-16)14(19)17-9-11-3-2-4-13(7-11)18-15(20)12-5-6-12/h2-4,7,10,12H,5-6,8-9,16H2,1H3,(H,17,19)(H,18,20). The molecule has 1 unspecified atom stereocenters. The molecule has 5 nitrogen and oxygen atoms in total. The van der Waals surface area contributed by atoms with Crippen LogP contribution in [-0.2, 0) is 16.1 Å². The van der Waals surface area contributed by atoms with E-state index in [0.717, 1.165) is 24.1 Å². The van der Waals surface area contributed by atoms with Crippen LogP contribution < -0.4 is 16.4 Å². The summed E-state index contributed by atoms with van der Waals surface area (Å²) in [5.74, 6) is 0.0272. The molecule has 0 bridgehead atoms. The van der Waals surface area contributed by atoms with Gasteiger partial charge in [0.2, 0.25) is 11.8 Å². The van der Waals surface area contributed by atoms with Crippen molar-refractivity contribution >= 4 is 17.5 Å². The van der Waals surface area contributed by atoms with Gasteiger partial charge in [-0.25, -0.2) is 0 Å². The number of amides is 2. The smallest absolute Gasteiger partial charge is 0.227 e. The Bertz CT molecular complexity index is 498. The number of carbonyl (C=O) groups is 2. The third-order valence-corrected chi connectivity index (χ3v) is 3.41. The molecule has 0 saturated heterocycles. The zero-order valence-electron chi connectivity index (χ0n) is 11.7. The van der Waals surface area contributed by atoms with Crippen molar-refractivity contribution in [2.24, 2.45) is 17.6 Å². The summed E-state index contributed by atoms with van der Waals surface area (Å²) in [4.78, 5) is 23.3. The van der Waals surface area contributed by atoms with Gasteiger partial charge in [-0.3, -0.25) is 9.59 Å². The molecule has 1 fully saturated rings. The molecule has 2 rings (SSSR count). The number of anilines is 1.